The van der Waals surface area contributed by atoms with Crippen LogP contribution in [-0.4, -0.2) is 33.4 Å². The molecule has 1 unspecified atom stereocenters. The maximum absolute atomic E-state index is 11.8. The van der Waals surface area contributed by atoms with Gasteiger partial charge >= 0.3 is 0 Å². The highest BCUT2D eigenvalue weighted by molar-refractivity contribution is 6.34. The lowest BCUT2D eigenvalue weighted by Crippen LogP contribution is -2.40. The van der Waals surface area contributed by atoms with Crippen molar-refractivity contribution in [3.63, 3.8) is 0 Å². The van der Waals surface area contributed by atoms with Gasteiger partial charge in [-0.1, -0.05) is 36.5 Å². The fraction of sp³-hybridized carbons (Fsp3) is 0.545. The molecule has 0 aliphatic heterocycles. The van der Waals surface area contributed by atoms with Crippen molar-refractivity contribution in [3.8, 4) is 0 Å². The quantitative estimate of drug-likeness (QED) is 0.871. The van der Waals surface area contributed by atoms with E-state index < -0.39 is 11.5 Å². The second kappa shape index (κ2) is 6.31. The van der Waals surface area contributed by atoms with E-state index in [0.717, 1.165) is 6.42 Å². The maximum atomic E-state index is 11.8. The predicted octanol–water partition coefficient (Wildman–Crippen LogP) is 2.06. The SMILES string of the molecule is CCCC(C)(O)CNC(=O)c1cc(Cl)nnc1Cl. The summed E-state index contributed by atoms with van der Waals surface area (Å²) in [5.41, 5.74) is -0.801. The summed E-state index contributed by atoms with van der Waals surface area (Å²) in [6.07, 6.45) is 1.42. The van der Waals surface area contributed by atoms with Crippen LogP contribution in [-0.2, 0) is 0 Å². The molecule has 18 heavy (non-hydrogen) atoms. The summed E-state index contributed by atoms with van der Waals surface area (Å²) in [5.74, 6) is -0.437. The molecule has 0 saturated carbocycles. The Kier molecular flexibility index (Phi) is 5.31. The molecule has 0 spiro atoms. The standard InChI is InChI=1S/C11H15Cl2N3O2/c1-3-4-11(2,18)6-14-10(17)7-5-8(12)15-16-9(7)13/h5,18H,3-4,6H2,1-2H3,(H,14,17). The van der Waals surface area contributed by atoms with Crippen molar-refractivity contribution in [2.75, 3.05) is 6.54 Å². The Hall–Kier alpha value is -0.910. The van der Waals surface area contributed by atoms with Gasteiger partial charge in [0.25, 0.3) is 5.91 Å². The van der Waals surface area contributed by atoms with Gasteiger partial charge in [-0.05, 0) is 19.4 Å². The Bertz CT molecular complexity index is 438. The van der Waals surface area contributed by atoms with Gasteiger partial charge in [0, 0.05) is 6.54 Å². The Morgan fingerprint density at radius 3 is 2.78 bits per heavy atom. The summed E-state index contributed by atoms with van der Waals surface area (Å²) >= 11 is 11.4. The largest absolute Gasteiger partial charge is 0.388 e. The third kappa shape index (κ3) is 4.40. The van der Waals surface area contributed by atoms with E-state index in [-0.39, 0.29) is 22.4 Å². The minimum Gasteiger partial charge on any atom is -0.388 e. The van der Waals surface area contributed by atoms with Crippen LogP contribution in [0.1, 0.15) is 37.0 Å². The first-order valence-corrected chi connectivity index (χ1v) is 6.30. The monoisotopic (exact) mass is 291 g/mol. The summed E-state index contributed by atoms with van der Waals surface area (Å²) in [7, 11) is 0. The molecule has 100 valence electrons. The summed E-state index contributed by atoms with van der Waals surface area (Å²) in [5, 5.41) is 19.6. The fourth-order valence-electron chi connectivity index (χ4n) is 1.51. The van der Waals surface area contributed by atoms with Crippen molar-refractivity contribution >= 4 is 29.1 Å². The first kappa shape index (κ1) is 15.1. The summed E-state index contributed by atoms with van der Waals surface area (Å²) < 4.78 is 0. The highest BCUT2D eigenvalue weighted by Crippen LogP contribution is 2.16. The molecule has 1 aromatic heterocycles. The number of nitrogens with zero attached hydrogens (tertiary/aromatic N) is 2. The third-order valence-corrected chi connectivity index (χ3v) is 2.85. The molecule has 5 nitrogen and oxygen atoms in total. The van der Waals surface area contributed by atoms with Crippen molar-refractivity contribution < 1.29 is 9.90 Å². The van der Waals surface area contributed by atoms with Crippen LogP contribution < -0.4 is 5.32 Å². The van der Waals surface area contributed by atoms with Crippen molar-refractivity contribution in [3.05, 3.63) is 21.9 Å². The van der Waals surface area contributed by atoms with Gasteiger partial charge in [0.15, 0.2) is 10.3 Å². The van der Waals surface area contributed by atoms with Crippen LogP contribution in [0, 0.1) is 0 Å². The highest BCUT2D eigenvalue weighted by atomic mass is 35.5. The van der Waals surface area contributed by atoms with E-state index in [1.807, 2.05) is 6.92 Å². The van der Waals surface area contributed by atoms with Gasteiger partial charge in [-0.15, -0.1) is 10.2 Å². The van der Waals surface area contributed by atoms with E-state index in [2.05, 4.69) is 15.5 Å². The lowest BCUT2D eigenvalue weighted by Gasteiger charge is -2.22. The Labute approximate surface area is 116 Å². The number of halogens is 2. The molecule has 7 heteroatoms. The number of aromatic nitrogens is 2. The zero-order chi connectivity index (χ0) is 13.8. The average molecular weight is 292 g/mol. The molecule has 0 aliphatic rings. The zero-order valence-corrected chi connectivity index (χ0v) is 11.7. The second-order valence-corrected chi connectivity index (χ2v) is 5.05. The molecule has 2 N–H and O–H groups in total. The first-order valence-electron chi connectivity index (χ1n) is 5.55. The van der Waals surface area contributed by atoms with Crippen LogP contribution in [0.4, 0.5) is 0 Å². The van der Waals surface area contributed by atoms with Crippen LogP contribution >= 0.6 is 23.2 Å². The van der Waals surface area contributed by atoms with E-state index in [9.17, 15) is 9.90 Å². The number of rotatable bonds is 5. The predicted molar refractivity (Wildman–Crippen MR) is 69.9 cm³/mol. The number of carbonyl (C=O) groups excluding carboxylic acids is 1. The molecule has 0 saturated heterocycles. The second-order valence-electron chi connectivity index (χ2n) is 4.30. The lowest BCUT2D eigenvalue weighted by molar-refractivity contribution is 0.0469. The third-order valence-electron chi connectivity index (χ3n) is 2.38. The minimum absolute atomic E-state index is 0.0213. The Morgan fingerprint density at radius 1 is 1.50 bits per heavy atom. The maximum Gasteiger partial charge on any atom is 0.254 e. The zero-order valence-electron chi connectivity index (χ0n) is 10.2. The van der Waals surface area contributed by atoms with Gasteiger partial charge in [-0.25, -0.2) is 0 Å². The van der Waals surface area contributed by atoms with E-state index >= 15 is 0 Å². The van der Waals surface area contributed by atoms with Crippen LogP contribution in [0.15, 0.2) is 6.07 Å². The topological polar surface area (TPSA) is 75.1 Å². The fourth-order valence-corrected chi connectivity index (χ4v) is 1.83. The molecule has 0 aromatic carbocycles. The van der Waals surface area contributed by atoms with Crippen LogP contribution in [0.2, 0.25) is 10.3 Å². The molecule has 0 bridgehead atoms. The van der Waals surface area contributed by atoms with E-state index in [0.29, 0.717) is 6.42 Å². The normalized spacial score (nSPS) is 14.1. The molecule has 1 amide bonds. The van der Waals surface area contributed by atoms with E-state index in [1.165, 1.54) is 6.07 Å². The Balaban J connectivity index is 2.69. The molecule has 1 heterocycles. The molecule has 1 rings (SSSR count). The smallest absolute Gasteiger partial charge is 0.254 e. The van der Waals surface area contributed by atoms with Crippen molar-refractivity contribution in [1.82, 2.24) is 15.5 Å². The van der Waals surface area contributed by atoms with Crippen LogP contribution in [0.25, 0.3) is 0 Å². The molecular formula is C11H15Cl2N3O2. The van der Waals surface area contributed by atoms with Crippen molar-refractivity contribution in [1.29, 1.82) is 0 Å². The highest BCUT2D eigenvalue weighted by Gasteiger charge is 2.21. The Morgan fingerprint density at radius 2 is 2.17 bits per heavy atom. The molecular weight excluding hydrogens is 277 g/mol. The summed E-state index contributed by atoms with van der Waals surface area (Å²) in [6.45, 7) is 3.76. The summed E-state index contributed by atoms with van der Waals surface area (Å²) in [4.78, 5) is 11.8. The van der Waals surface area contributed by atoms with Crippen molar-refractivity contribution in [2.24, 2.45) is 0 Å². The minimum atomic E-state index is -0.943. The number of hydrogen-bond acceptors (Lipinski definition) is 4. The number of carbonyl (C=O) groups is 1. The van der Waals surface area contributed by atoms with Gasteiger partial charge in [0.05, 0.1) is 11.2 Å². The van der Waals surface area contributed by atoms with Gasteiger partial charge in [-0.2, -0.15) is 0 Å². The first-order chi connectivity index (χ1) is 8.35. The number of amides is 1. The number of aliphatic hydroxyl groups is 1. The molecule has 1 aromatic rings. The van der Waals surface area contributed by atoms with E-state index in [4.69, 9.17) is 23.2 Å². The van der Waals surface area contributed by atoms with Crippen LogP contribution in [0.3, 0.4) is 0 Å². The molecule has 0 aliphatic carbocycles. The summed E-state index contributed by atoms with van der Waals surface area (Å²) in [6, 6.07) is 1.33. The van der Waals surface area contributed by atoms with E-state index in [1.54, 1.807) is 6.92 Å². The molecule has 0 fully saturated rings. The van der Waals surface area contributed by atoms with Gasteiger partial charge < -0.3 is 10.4 Å². The number of nitrogens with one attached hydrogen (secondary N) is 1. The lowest BCUT2D eigenvalue weighted by atomic mass is 10.0. The van der Waals surface area contributed by atoms with Gasteiger partial charge in [-0.3, -0.25) is 4.79 Å². The van der Waals surface area contributed by atoms with Gasteiger partial charge in [0.1, 0.15) is 0 Å². The molecule has 0 radical (unpaired) electrons. The number of hydrogen-bond donors (Lipinski definition) is 2. The molecule has 1 atom stereocenters. The van der Waals surface area contributed by atoms with Crippen LogP contribution in [0.5, 0.6) is 0 Å². The average Bonchev–Trinajstić information content (AvgIpc) is 2.29. The van der Waals surface area contributed by atoms with Gasteiger partial charge in [0.2, 0.25) is 0 Å². The van der Waals surface area contributed by atoms with Crippen molar-refractivity contribution in [2.45, 2.75) is 32.3 Å².